The van der Waals surface area contributed by atoms with Crippen LogP contribution in [-0.2, 0) is 0 Å². The molecule has 0 aromatic carbocycles. The predicted octanol–water partition coefficient (Wildman–Crippen LogP) is 2.22. The Hall–Kier alpha value is -1.68. The van der Waals surface area contributed by atoms with Gasteiger partial charge in [-0.05, 0) is 25.5 Å². The van der Waals surface area contributed by atoms with E-state index >= 15 is 0 Å². The number of hydrogen-bond acceptors (Lipinski definition) is 4. The predicted molar refractivity (Wildman–Crippen MR) is 68.8 cm³/mol. The molecule has 4 nitrogen and oxygen atoms in total. The summed E-state index contributed by atoms with van der Waals surface area (Å²) >= 11 is 5.95. The van der Waals surface area contributed by atoms with Crippen molar-refractivity contribution in [2.45, 2.75) is 20.3 Å². The summed E-state index contributed by atoms with van der Waals surface area (Å²) in [5.74, 6) is -0.663. The van der Waals surface area contributed by atoms with Crippen LogP contribution in [0.5, 0.6) is 0 Å². The van der Waals surface area contributed by atoms with E-state index in [2.05, 4.69) is 10.3 Å². The number of nitrogens with zero attached hydrogens (tertiary/aromatic N) is 1. The van der Waals surface area contributed by atoms with Gasteiger partial charge in [-0.25, -0.2) is 4.98 Å². The molecule has 0 amide bonds. The molecule has 1 aliphatic rings. The van der Waals surface area contributed by atoms with Gasteiger partial charge in [0.15, 0.2) is 0 Å². The zero-order chi connectivity index (χ0) is 13.3. The summed E-state index contributed by atoms with van der Waals surface area (Å²) in [6, 6.07) is 3.33. The minimum absolute atomic E-state index is 0.0703. The summed E-state index contributed by atoms with van der Waals surface area (Å²) in [6.45, 7) is 4.33. The Morgan fingerprint density at radius 3 is 2.67 bits per heavy atom. The van der Waals surface area contributed by atoms with Crippen LogP contribution in [0.1, 0.15) is 39.9 Å². The molecule has 94 valence electrons. The van der Waals surface area contributed by atoms with E-state index in [-0.39, 0.29) is 22.2 Å². The van der Waals surface area contributed by atoms with Crippen LogP contribution in [0.2, 0.25) is 0 Å². The first-order valence-corrected chi connectivity index (χ1v) is 6.14. The maximum absolute atomic E-state index is 12.2. The lowest BCUT2D eigenvalue weighted by Gasteiger charge is -2.18. The Kier molecular flexibility index (Phi) is 3.48. The van der Waals surface area contributed by atoms with E-state index in [0.717, 1.165) is 6.42 Å². The highest BCUT2D eigenvalue weighted by Gasteiger charge is 2.32. The Balaban J connectivity index is 2.49. The van der Waals surface area contributed by atoms with Gasteiger partial charge in [0, 0.05) is 12.2 Å². The molecule has 1 N–H and O–H groups in total. The van der Waals surface area contributed by atoms with Crippen molar-refractivity contribution in [3.63, 3.8) is 0 Å². The summed E-state index contributed by atoms with van der Waals surface area (Å²) < 4.78 is 0. The number of fused-ring (bicyclic) bond motifs is 1. The fourth-order valence-electron chi connectivity index (χ4n) is 1.77. The zero-order valence-corrected chi connectivity index (χ0v) is 11.0. The quantitative estimate of drug-likeness (QED) is 0.909. The Morgan fingerprint density at radius 1 is 1.28 bits per heavy atom. The largest absolute Gasteiger partial charge is 0.381 e. The average molecular weight is 265 g/mol. The number of hydrogen-bond donors (Lipinski definition) is 1. The monoisotopic (exact) mass is 264 g/mol. The van der Waals surface area contributed by atoms with Crippen LogP contribution in [0.3, 0.4) is 0 Å². The molecule has 18 heavy (non-hydrogen) atoms. The van der Waals surface area contributed by atoms with Gasteiger partial charge in [0.25, 0.3) is 0 Å². The van der Waals surface area contributed by atoms with Gasteiger partial charge in [-0.15, -0.1) is 0 Å². The van der Waals surface area contributed by atoms with Gasteiger partial charge in [0.1, 0.15) is 16.4 Å². The Labute approximate surface area is 110 Å². The van der Waals surface area contributed by atoms with E-state index in [0.29, 0.717) is 17.8 Å². The van der Waals surface area contributed by atoms with Crippen LogP contribution in [0.25, 0.3) is 0 Å². The van der Waals surface area contributed by atoms with E-state index in [1.807, 2.05) is 6.92 Å². The van der Waals surface area contributed by atoms with Gasteiger partial charge in [0.2, 0.25) is 11.6 Å². The zero-order valence-electron chi connectivity index (χ0n) is 10.2. The fraction of sp³-hybridized carbons (Fsp3) is 0.308. The molecule has 0 saturated carbocycles. The van der Waals surface area contributed by atoms with Crippen molar-refractivity contribution >= 4 is 23.2 Å². The van der Waals surface area contributed by atoms with Crippen LogP contribution in [0.15, 0.2) is 22.9 Å². The molecule has 0 bridgehead atoms. The number of pyridine rings is 1. The van der Waals surface area contributed by atoms with Gasteiger partial charge in [-0.3, -0.25) is 9.59 Å². The van der Waals surface area contributed by atoms with Crippen molar-refractivity contribution in [3.8, 4) is 0 Å². The highest BCUT2D eigenvalue weighted by Crippen LogP contribution is 2.26. The molecular weight excluding hydrogens is 252 g/mol. The number of carbonyl (C=O) groups is 2. The first kappa shape index (κ1) is 12.8. The van der Waals surface area contributed by atoms with E-state index in [1.54, 1.807) is 19.1 Å². The summed E-state index contributed by atoms with van der Waals surface area (Å²) in [6.07, 6.45) is 0.841. The normalized spacial score (nSPS) is 14.8. The molecule has 0 atom stereocenters. The van der Waals surface area contributed by atoms with Crippen molar-refractivity contribution in [2.75, 3.05) is 6.54 Å². The van der Waals surface area contributed by atoms with Crippen molar-refractivity contribution in [1.29, 1.82) is 0 Å². The lowest BCUT2D eigenvalue weighted by Crippen LogP contribution is -2.30. The number of aryl methyl sites for hydroxylation is 1. The number of nitrogens with one attached hydrogen (secondary N) is 1. The van der Waals surface area contributed by atoms with Crippen LogP contribution in [0, 0.1) is 6.92 Å². The number of halogens is 1. The topological polar surface area (TPSA) is 59.1 Å². The van der Waals surface area contributed by atoms with Crippen LogP contribution >= 0.6 is 11.6 Å². The summed E-state index contributed by atoms with van der Waals surface area (Å²) in [5.41, 5.74) is 1.33. The smallest absolute Gasteiger partial charge is 0.225 e. The third-order valence-electron chi connectivity index (χ3n) is 2.69. The third kappa shape index (κ3) is 2.04. The first-order valence-electron chi connectivity index (χ1n) is 5.77. The lowest BCUT2D eigenvalue weighted by atomic mass is 9.96. The standard InChI is InChI=1S/C13H13ClN2O2/c1-3-6-15-11-9(14)13(18)10-8(12(11)17)5-4-7(2)16-10/h4-5,15H,3,6H2,1-2H3. The van der Waals surface area contributed by atoms with Crippen molar-refractivity contribution < 1.29 is 9.59 Å². The molecule has 0 fully saturated rings. The van der Waals surface area contributed by atoms with Gasteiger partial charge in [-0.1, -0.05) is 18.5 Å². The molecule has 1 aromatic rings. The SMILES string of the molecule is CCCNC1=C(Cl)C(=O)c2nc(C)ccc2C1=O. The molecule has 5 heteroatoms. The highest BCUT2D eigenvalue weighted by molar-refractivity contribution is 6.49. The highest BCUT2D eigenvalue weighted by atomic mass is 35.5. The molecule has 0 unspecified atom stereocenters. The van der Waals surface area contributed by atoms with Crippen LogP contribution in [0.4, 0.5) is 0 Å². The number of rotatable bonds is 3. The molecule has 1 aliphatic carbocycles. The second kappa shape index (κ2) is 4.90. The van der Waals surface area contributed by atoms with Crippen molar-refractivity contribution in [1.82, 2.24) is 10.3 Å². The van der Waals surface area contributed by atoms with Gasteiger partial charge in [-0.2, -0.15) is 0 Å². The number of ketones is 2. The molecule has 2 rings (SSSR count). The van der Waals surface area contributed by atoms with E-state index in [1.165, 1.54) is 0 Å². The van der Waals surface area contributed by atoms with Crippen LogP contribution in [-0.4, -0.2) is 23.1 Å². The van der Waals surface area contributed by atoms with E-state index in [4.69, 9.17) is 11.6 Å². The summed E-state index contributed by atoms with van der Waals surface area (Å²) in [4.78, 5) is 28.3. The fourth-order valence-corrected chi connectivity index (χ4v) is 2.01. The number of aromatic nitrogens is 1. The second-order valence-corrected chi connectivity index (χ2v) is 4.50. The minimum atomic E-state index is -0.395. The summed E-state index contributed by atoms with van der Waals surface area (Å²) in [5, 5.41) is 2.84. The summed E-state index contributed by atoms with van der Waals surface area (Å²) in [7, 11) is 0. The van der Waals surface area contributed by atoms with Gasteiger partial charge < -0.3 is 5.32 Å². The molecule has 0 saturated heterocycles. The second-order valence-electron chi connectivity index (χ2n) is 4.12. The number of carbonyl (C=O) groups excluding carboxylic acids is 2. The van der Waals surface area contributed by atoms with E-state index in [9.17, 15) is 9.59 Å². The van der Waals surface area contributed by atoms with E-state index < -0.39 is 5.78 Å². The maximum Gasteiger partial charge on any atom is 0.225 e. The molecule has 0 spiro atoms. The van der Waals surface area contributed by atoms with Crippen molar-refractivity contribution in [2.24, 2.45) is 0 Å². The molecule has 1 aromatic heterocycles. The van der Waals surface area contributed by atoms with Crippen molar-refractivity contribution in [3.05, 3.63) is 39.8 Å². The molecule has 0 aliphatic heterocycles. The number of Topliss-reactive ketones (excluding diaryl/α,β-unsaturated/α-hetero) is 2. The lowest BCUT2D eigenvalue weighted by molar-refractivity contribution is 0.0971. The third-order valence-corrected chi connectivity index (χ3v) is 3.05. The maximum atomic E-state index is 12.2. The minimum Gasteiger partial charge on any atom is -0.381 e. The van der Waals surface area contributed by atoms with Crippen LogP contribution < -0.4 is 5.32 Å². The van der Waals surface area contributed by atoms with Gasteiger partial charge in [0.05, 0.1) is 5.56 Å². The average Bonchev–Trinajstić information content (AvgIpc) is 2.36. The Bertz CT molecular complexity index is 564. The first-order chi connectivity index (χ1) is 8.56. The molecular formula is C13H13ClN2O2. The Morgan fingerprint density at radius 2 is 2.00 bits per heavy atom. The molecule has 1 heterocycles. The molecule has 0 radical (unpaired) electrons. The number of allylic oxidation sites excluding steroid dienone is 2. The van der Waals surface area contributed by atoms with Gasteiger partial charge >= 0.3 is 0 Å².